The zero-order valence-corrected chi connectivity index (χ0v) is 21.3. The molecule has 2 amide bonds. The molecule has 0 aliphatic carbocycles. The van der Waals surface area contributed by atoms with Crippen LogP contribution < -0.4 is 20.1 Å². The summed E-state index contributed by atoms with van der Waals surface area (Å²) in [5, 5.41) is 12.8. The Morgan fingerprint density at radius 1 is 1.24 bits per heavy atom. The Morgan fingerprint density at radius 3 is 2.76 bits per heavy atom. The molecule has 1 atom stereocenters. The number of carbonyl (C=O) groups excluding carboxylic acids is 2. The molecule has 12 nitrogen and oxygen atoms in total. The standard InChI is InChI=1S/C15H19N5O3.C10H14N2O2/c1-12-3-5-13(6-4-12)23-8-7-19(2)15(22)10-20-9-14(16-11-21)17-18-20;1-11-10-6-8(2-4-12-10)14-9-3-5-13-7-9/h3-6,9,11H,7-8,10H2,1-2H3,(H,16,21);2,4,6,9H,3,5,7H2,1H3,(H,11,12). The van der Waals surface area contributed by atoms with E-state index < -0.39 is 0 Å². The maximum atomic E-state index is 12.1. The molecule has 198 valence electrons. The number of aromatic nitrogens is 4. The van der Waals surface area contributed by atoms with Gasteiger partial charge in [0.05, 0.1) is 26.0 Å². The summed E-state index contributed by atoms with van der Waals surface area (Å²) in [7, 11) is 3.53. The summed E-state index contributed by atoms with van der Waals surface area (Å²) in [4.78, 5) is 28.0. The van der Waals surface area contributed by atoms with Crippen LogP contribution in [0.3, 0.4) is 0 Å². The lowest BCUT2D eigenvalue weighted by molar-refractivity contribution is -0.131. The van der Waals surface area contributed by atoms with Gasteiger partial charge in [-0.25, -0.2) is 9.67 Å². The number of carbonyl (C=O) groups is 2. The van der Waals surface area contributed by atoms with Gasteiger partial charge >= 0.3 is 0 Å². The molecule has 0 spiro atoms. The molecule has 0 bridgehead atoms. The van der Waals surface area contributed by atoms with Crippen molar-refractivity contribution in [1.29, 1.82) is 0 Å². The fraction of sp³-hybridized carbons (Fsp3) is 0.400. The highest BCUT2D eigenvalue weighted by molar-refractivity contribution is 5.75. The van der Waals surface area contributed by atoms with Gasteiger partial charge in [0, 0.05) is 32.8 Å². The molecule has 2 N–H and O–H groups in total. The van der Waals surface area contributed by atoms with Crippen molar-refractivity contribution in [3.05, 3.63) is 54.4 Å². The van der Waals surface area contributed by atoms with Gasteiger partial charge in [-0.1, -0.05) is 22.9 Å². The molecule has 1 aliphatic heterocycles. The molecule has 0 saturated carbocycles. The van der Waals surface area contributed by atoms with Crippen LogP contribution in [-0.2, 0) is 20.9 Å². The average Bonchev–Trinajstić information content (AvgIpc) is 3.58. The van der Waals surface area contributed by atoms with E-state index in [1.165, 1.54) is 16.4 Å². The minimum Gasteiger partial charge on any atom is -0.492 e. The topological polar surface area (TPSA) is 133 Å². The molecule has 3 heterocycles. The fourth-order valence-electron chi connectivity index (χ4n) is 3.24. The minimum atomic E-state index is -0.125. The van der Waals surface area contributed by atoms with Crippen LogP contribution in [0.25, 0.3) is 0 Å². The van der Waals surface area contributed by atoms with E-state index in [-0.39, 0.29) is 18.6 Å². The second-order valence-corrected chi connectivity index (χ2v) is 8.27. The van der Waals surface area contributed by atoms with Gasteiger partial charge in [0.1, 0.15) is 36.6 Å². The van der Waals surface area contributed by atoms with Gasteiger partial charge in [0.2, 0.25) is 12.3 Å². The lowest BCUT2D eigenvalue weighted by Crippen LogP contribution is -2.33. The van der Waals surface area contributed by atoms with E-state index in [1.807, 2.05) is 50.4 Å². The third kappa shape index (κ3) is 9.41. The summed E-state index contributed by atoms with van der Waals surface area (Å²) in [5.74, 6) is 2.62. The van der Waals surface area contributed by atoms with Crippen LogP contribution in [0.15, 0.2) is 48.8 Å². The summed E-state index contributed by atoms with van der Waals surface area (Å²) in [6.45, 7) is 4.41. The maximum Gasteiger partial charge on any atom is 0.244 e. The number of benzene rings is 1. The van der Waals surface area contributed by atoms with Crippen LogP contribution in [0.2, 0.25) is 0 Å². The molecule has 12 heteroatoms. The van der Waals surface area contributed by atoms with Gasteiger partial charge in [-0.15, -0.1) is 5.10 Å². The molecule has 1 aromatic carbocycles. The van der Waals surface area contributed by atoms with Crippen molar-refractivity contribution in [2.75, 3.05) is 51.1 Å². The molecule has 37 heavy (non-hydrogen) atoms. The number of hydrogen-bond acceptors (Lipinski definition) is 9. The summed E-state index contributed by atoms with van der Waals surface area (Å²) in [6, 6.07) is 11.5. The van der Waals surface area contributed by atoms with Crippen molar-refractivity contribution in [2.24, 2.45) is 0 Å². The Hall–Kier alpha value is -4.19. The molecular formula is C25H33N7O5. The highest BCUT2D eigenvalue weighted by Crippen LogP contribution is 2.18. The quantitative estimate of drug-likeness (QED) is 0.371. The number of hydrogen-bond donors (Lipinski definition) is 2. The van der Waals surface area contributed by atoms with E-state index in [1.54, 1.807) is 18.1 Å². The molecule has 1 fully saturated rings. The predicted molar refractivity (Wildman–Crippen MR) is 138 cm³/mol. The van der Waals surface area contributed by atoms with E-state index in [9.17, 15) is 9.59 Å². The Kier molecular flexibility index (Phi) is 10.7. The van der Waals surface area contributed by atoms with Crippen LogP contribution in [0.5, 0.6) is 11.5 Å². The number of pyridine rings is 1. The van der Waals surface area contributed by atoms with Crippen LogP contribution in [-0.4, -0.2) is 83.8 Å². The van der Waals surface area contributed by atoms with E-state index in [0.29, 0.717) is 32.0 Å². The molecule has 0 radical (unpaired) electrons. The van der Waals surface area contributed by atoms with Crippen molar-refractivity contribution >= 4 is 24.0 Å². The maximum absolute atomic E-state index is 12.1. The van der Waals surface area contributed by atoms with Crippen molar-refractivity contribution in [2.45, 2.75) is 26.0 Å². The normalized spacial score (nSPS) is 14.2. The fourth-order valence-corrected chi connectivity index (χ4v) is 3.24. The average molecular weight is 512 g/mol. The number of likely N-dealkylation sites (N-methyl/N-ethyl adjacent to an activating group) is 1. The van der Waals surface area contributed by atoms with Gasteiger partial charge in [0.25, 0.3) is 0 Å². The van der Waals surface area contributed by atoms with Crippen molar-refractivity contribution < 1.29 is 23.8 Å². The third-order valence-corrected chi connectivity index (χ3v) is 5.36. The van der Waals surface area contributed by atoms with E-state index in [2.05, 4.69) is 25.9 Å². The monoisotopic (exact) mass is 511 g/mol. The predicted octanol–water partition coefficient (Wildman–Crippen LogP) is 1.98. The number of nitrogens with one attached hydrogen (secondary N) is 2. The Bertz CT molecular complexity index is 1120. The first-order valence-corrected chi connectivity index (χ1v) is 11.9. The smallest absolute Gasteiger partial charge is 0.244 e. The molecule has 2 aromatic heterocycles. The summed E-state index contributed by atoms with van der Waals surface area (Å²) in [5.41, 5.74) is 1.17. The minimum absolute atomic E-state index is 0.0502. The number of rotatable bonds is 11. The second kappa shape index (κ2) is 14.4. The van der Waals surface area contributed by atoms with E-state index in [0.717, 1.165) is 30.3 Å². The van der Waals surface area contributed by atoms with Crippen molar-refractivity contribution in [1.82, 2.24) is 24.9 Å². The number of anilines is 2. The Balaban J connectivity index is 0.000000231. The van der Waals surface area contributed by atoms with Crippen LogP contribution in [0, 0.1) is 6.92 Å². The van der Waals surface area contributed by atoms with Crippen LogP contribution >= 0.6 is 0 Å². The largest absolute Gasteiger partial charge is 0.492 e. The van der Waals surface area contributed by atoms with E-state index >= 15 is 0 Å². The summed E-state index contributed by atoms with van der Waals surface area (Å²) >= 11 is 0. The summed E-state index contributed by atoms with van der Waals surface area (Å²) in [6.07, 6.45) is 4.89. The highest BCUT2D eigenvalue weighted by atomic mass is 16.5. The van der Waals surface area contributed by atoms with Gasteiger partial charge < -0.3 is 29.7 Å². The highest BCUT2D eigenvalue weighted by Gasteiger charge is 2.17. The van der Waals surface area contributed by atoms with Gasteiger partial charge in [-0.05, 0) is 25.1 Å². The number of amides is 2. The first kappa shape index (κ1) is 27.4. The molecule has 1 unspecified atom stereocenters. The molecule has 1 saturated heterocycles. The molecular weight excluding hydrogens is 478 g/mol. The Morgan fingerprint density at radius 2 is 2.05 bits per heavy atom. The van der Waals surface area contributed by atoms with Gasteiger partial charge in [-0.3, -0.25) is 9.59 Å². The first-order valence-electron chi connectivity index (χ1n) is 11.9. The van der Waals surface area contributed by atoms with Crippen molar-refractivity contribution in [3.63, 3.8) is 0 Å². The lowest BCUT2D eigenvalue weighted by atomic mass is 10.2. The molecule has 1 aliphatic rings. The number of nitrogens with zero attached hydrogens (tertiary/aromatic N) is 5. The Labute approximate surface area is 215 Å². The lowest BCUT2D eigenvalue weighted by Gasteiger charge is -2.17. The SMILES string of the molecule is CNc1cc(OC2CCOC2)ccn1.Cc1ccc(OCCN(C)C(=O)Cn2cc(NC=O)nn2)cc1. The second-order valence-electron chi connectivity index (χ2n) is 8.27. The third-order valence-electron chi connectivity index (χ3n) is 5.36. The molecule has 4 rings (SSSR count). The zero-order valence-electron chi connectivity index (χ0n) is 21.3. The first-order chi connectivity index (χ1) is 18.0. The number of aryl methyl sites for hydroxylation is 1. The molecule has 3 aromatic rings. The van der Waals surface area contributed by atoms with Gasteiger partial charge in [-0.2, -0.15) is 0 Å². The van der Waals surface area contributed by atoms with Gasteiger partial charge in [0.15, 0.2) is 5.82 Å². The summed E-state index contributed by atoms with van der Waals surface area (Å²) < 4.78 is 17.9. The van der Waals surface area contributed by atoms with Crippen LogP contribution in [0.4, 0.5) is 11.6 Å². The number of ether oxygens (including phenoxy) is 3. The zero-order chi connectivity index (χ0) is 26.5. The van der Waals surface area contributed by atoms with Crippen LogP contribution in [0.1, 0.15) is 12.0 Å². The van der Waals surface area contributed by atoms with E-state index in [4.69, 9.17) is 14.2 Å². The van der Waals surface area contributed by atoms with Crippen molar-refractivity contribution in [3.8, 4) is 11.5 Å².